The molecule has 0 aliphatic heterocycles. The van der Waals surface area contributed by atoms with Gasteiger partial charge in [-0.05, 0) is 31.5 Å². The summed E-state index contributed by atoms with van der Waals surface area (Å²) in [6.45, 7) is 2.49. The molecule has 17 heavy (non-hydrogen) atoms. The molecule has 1 unspecified atom stereocenters. The Balaban J connectivity index is 2.95. The lowest BCUT2D eigenvalue weighted by Crippen LogP contribution is -2.44. The Morgan fingerprint density at radius 1 is 1.35 bits per heavy atom. The number of hydrogen-bond acceptors (Lipinski definition) is 3. The van der Waals surface area contributed by atoms with Crippen LogP contribution in [0.15, 0.2) is 35.4 Å². The van der Waals surface area contributed by atoms with Gasteiger partial charge < -0.3 is 5.32 Å². The third kappa shape index (κ3) is 2.83. The van der Waals surface area contributed by atoms with Crippen molar-refractivity contribution >= 4 is 17.4 Å². The molecule has 0 saturated carbocycles. The normalized spacial score (nSPS) is 13.1. The summed E-state index contributed by atoms with van der Waals surface area (Å²) in [5.41, 5.74) is 7.21. The summed E-state index contributed by atoms with van der Waals surface area (Å²) in [4.78, 5) is 25.8. The first-order valence-electron chi connectivity index (χ1n) is 4.94. The summed E-state index contributed by atoms with van der Waals surface area (Å²) in [7, 11) is 0. The van der Waals surface area contributed by atoms with E-state index in [1.54, 1.807) is 30.3 Å². The third-order valence-electron chi connectivity index (χ3n) is 2.40. The topological polar surface area (TPSA) is 94.9 Å². The first-order valence-corrected chi connectivity index (χ1v) is 4.94. The van der Waals surface area contributed by atoms with E-state index in [0.29, 0.717) is 5.69 Å². The van der Waals surface area contributed by atoms with Crippen LogP contribution in [0.1, 0.15) is 13.8 Å². The number of rotatable bonds is 4. The molecule has 1 aromatic rings. The van der Waals surface area contributed by atoms with E-state index in [9.17, 15) is 9.59 Å². The van der Waals surface area contributed by atoms with Gasteiger partial charge in [-0.3, -0.25) is 9.59 Å². The van der Waals surface area contributed by atoms with E-state index in [4.69, 9.17) is 5.53 Å². The highest BCUT2D eigenvalue weighted by Gasteiger charge is 2.37. The maximum absolute atomic E-state index is 11.9. The zero-order chi connectivity index (χ0) is 12.9. The highest BCUT2D eigenvalue weighted by atomic mass is 16.2. The van der Waals surface area contributed by atoms with Gasteiger partial charge in [-0.25, -0.2) is 0 Å². The number of amides is 1. The van der Waals surface area contributed by atoms with Gasteiger partial charge >= 0.3 is 0 Å². The number of Topliss-reactive ketones (excluding diaryl/α,β-unsaturated/α-hetero) is 1. The van der Waals surface area contributed by atoms with Crippen LogP contribution in [0.4, 0.5) is 5.69 Å². The van der Waals surface area contributed by atoms with Gasteiger partial charge in [-0.1, -0.05) is 23.3 Å². The fourth-order valence-corrected chi connectivity index (χ4v) is 1.14. The van der Waals surface area contributed by atoms with Crippen molar-refractivity contribution in [2.75, 3.05) is 5.32 Å². The SMILES string of the molecule is CC(=O)C(C)(N=[N+]=[N-])C(=O)Nc1ccccc1. The van der Waals surface area contributed by atoms with Gasteiger partial charge in [-0.15, -0.1) is 0 Å². The van der Waals surface area contributed by atoms with Crippen molar-refractivity contribution in [3.05, 3.63) is 40.8 Å². The number of para-hydroxylation sites is 1. The standard InChI is InChI=1S/C11H12N4O2/c1-8(16)11(2,14-15-12)10(17)13-9-6-4-3-5-7-9/h3-7H,1-2H3,(H,13,17). The molecule has 0 saturated heterocycles. The fourth-order valence-electron chi connectivity index (χ4n) is 1.14. The molecule has 6 heteroatoms. The van der Waals surface area contributed by atoms with Crippen LogP contribution in [0.5, 0.6) is 0 Å². The molecule has 0 aliphatic rings. The lowest BCUT2D eigenvalue weighted by molar-refractivity contribution is -0.130. The zero-order valence-corrected chi connectivity index (χ0v) is 9.54. The molecule has 1 rings (SSSR count). The highest BCUT2D eigenvalue weighted by molar-refractivity contribution is 6.14. The van der Waals surface area contributed by atoms with Gasteiger partial charge in [-0.2, -0.15) is 0 Å². The van der Waals surface area contributed by atoms with Gasteiger partial charge in [0.15, 0.2) is 11.3 Å². The Morgan fingerprint density at radius 2 is 1.94 bits per heavy atom. The maximum Gasteiger partial charge on any atom is 0.243 e. The summed E-state index contributed by atoms with van der Waals surface area (Å²) < 4.78 is 0. The predicted octanol–water partition coefficient (Wildman–Crippen LogP) is 2.28. The lowest BCUT2D eigenvalue weighted by Gasteiger charge is -2.19. The number of anilines is 1. The first-order chi connectivity index (χ1) is 8.00. The molecule has 1 aromatic carbocycles. The predicted molar refractivity (Wildman–Crippen MR) is 63.3 cm³/mol. The molecule has 1 amide bonds. The number of nitrogens with one attached hydrogen (secondary N) is 1. The molecule has 0 bridgehead atoms. The number of carbonyl (C=O) groups is 2. The molecular formula is C11H12N4O2. The van der Waals surface area contributed by atoms with Crippen molar-refractivity contribution < 1.29 is 9.59 Å². The summed E-state index contributed by atoms with van der Waals surface area (Å²) in [5.74, 6) is -1.15. The van der Waals surface area contributed by atoms with Crippen molar-refractivity contribution in [3.8, 4) is 0 Å². The van der Waals surface area contributed by atoms with Gasteiger partial charge in [0, 0.05) is 10.6 Å². The molecule has 0 aromatic heterocycles. The Bertz CT molecular complexity index is 476. The van der Waals surface area contributed by atoms with E-state index < -0.39 is 17.2 Å². The summed E-state index contributed by atoms with van der Waals surface area (Å²) in [6, 6.07) is 8.64. The van der Waals surface area contributed by atoms with E-state index in [-0.39, 0.29) is 0 Å². The lowest BCUT2D eigenvalue weighted by atomic mass is 9.97. The molecule has 0 aliphatic carbocycles. The first kappa shape index (κ1) is 12.7. The van der Waals surface area contributed by atoms with Crippen LogP contribution in [0.3, 0.4) is 0 Å². The smallest absolute Gasteiger partial charge is 0.243 e. The Labute approximate surface area is 98.3 Å². The van der Waals surface area contributed by atoms with Gasteiger partial charge in [0.1, 0.15) is 0 Å². The minimum Gasteiger partial charge on any atom is -0.325 e. The number of azide groups is 1. The van der Waals surface area contributed by atoms with Crippen molar-refractivity contribution in [3.63, 3.8) is 0 Å². The average Bonchev–Trinajstić information content (AvgIpc) is 2.30. The van der Waals surface area contributed by atoms with Crippen molar-refractivity contribution in [1.29, 1.82) is 0 Å². The Kier molecular flexibility index (Phi) is 3.85. The Morgan fingerprint density at radius 3 is 2.41 bits per heavy atom. The van der Waals surface area contributed by atoms with E-state index in [0.717, 1.165) is 0 Å². The second-order valence-corrected chi connectivity index (χ2v) is 3.64. The fraction of sp³-hybridized carbons (Fsp3) is 0.273. The monoisotopic (exact) mass is 232 g/mol. The van der Waals surface area contributed by atoms with Crippen molar-refractivity contribution in [2.45, 2.75) is 19.4 Å². The second-order valence-electron chi connectivity index (χ2n) is 3.64. The van der Waals surface area contributed by atoms with E-state index >= 15 is 0 Å². The van der Waals surface area contributed by atoms with Crippen LogP contribution in [0.2, 0.25) is 0 Å². The molecule has 0 fully saturated rings. The minimum absolute atomic E-state index is 0.510. The van der Waals surface area contributed by atoms with Crippen LogP contribution >= 0.6 is 0 Å². The van der Waals surface area contributed by atoms with Gasteiger partial charge in [0.25, 0.3) is 0 Å². The number of benzene rings is 1. The molecule has 88 valence electrons. The van der Waals surface area contributed by atoms with Crippen LogP contribution in [-0.2, 0) is 9.59 Å². The summed E-state index contributed by atoms with van der Waals surface area (Å²) >= 11 is 0. The Hall–Kier alpha value is -2.33. The summed E-state index contributed by atoms with van der Waals surface area (Å²) in [5, 5.41) is 5.79. The van der Waals surface area contributed by atoms with E-state index in [1.165, 1.54) is 13.8 Å². The molecular weight excluding hydrogens is 220 g/mol. The molecule has 6 nitrogen and oxygen atoms in total. The van der Waals surface area contributed by atoms with Crippen molar-refractivity contribution in [2.24, 2.45) is 5.11 Å². The molecule has 1 atom stereocenters. The van der Waals surface area contributed by atoms with Crippen molar-refractivity contribution in [1.82, 2.24) is 0 Å². The second kappa shape index (κ2) is 5.14. The summed E-state index contributed by atoms with van der Waals surface area (Å²) in [6.07, 6.45) is 0. The number of hydrogen-bond donors (Lipinski definition) is 1. The number of carbonyl (C=O) groups excluding carboxylic acids is 2. The van der Waals surface area contributed by atoms with Crippen LogP contribution in [0.25, 0.3) is 10.4 Å². The van der Waals surface area contributed by atoms with E-state index in [1.807, 2.05) is 0 Å². The molecule has 0 heterocycles. The van der Waals surface area contributed by atoms with E-state index in [2.05, 4.69) is 15.3 Å². The van der Waals surface area contributed by atoms with Crippen LogP contribution in [-0.4, -0.2) is 17.2 Å². The molecule has 0 spiro atoms. The average molecular weight is 232 g/mol. The third-order valence-corrected chi connectivity index (χ3v) is 2.40. The quantitative estimate of drug-likeness (QED) is 0.373. The van der Waals surface area contributed by atoms with Gasteiger partial charge in [0.05, 0.1) is 0 Å². The van der Waals surface area contributed by atoms with Gasteiger partial charge in [0.2, 0.25) is 5.91 Å². The minimum atomic E-state index is -1.72. The molecule has 0 radical (unpaired) electrons. The van der Waals surface area contributed by atoms with Crippen LogP contribution in [0, 0.1) is 0 Å². The number of nitrogens with zero attached hydrogens (tertiary/aromatic N) is 3. The van der Waals surface area contributed by atoms with Crippen LogP contribution < -0.4 is 5.32 Å². The zero-order valence-electron chi connectivity index (χ0n) is 9.54. The largest absolute Gasteiger partial charge is 0.325 e. The number of ketones is 1. The maximum atomic E-state index is 11.9. The highest BCUT2D eigenvalue weighted by Crippen LogP contribution is 2.16. The molecule has 1 N–H and O–H groups in total.